The highest BCUT2D eigenvalue weighted by molar-refractivity contribution is 5.77. The molecule has 0 bridgehead atoms. The number of aryl methyl sites for hydroxylation is 4. The standard InChI is InChI=1S/C10H14.C5H10O/c1-7-5-9(3)10(4)6-8(7)2;1-3-5(6)4-2/h5-6H,1-4H3;3-4H2,1-2H3. The first kappa shape index (κ1) is 14.9. The zero-order valence-electron chi connectivity index (χ0n) is 11.5. The van der Waals surface area contributed by atoms with E-state index in [1.165, 1.54) is 22.3 Å². The van der Waals surface area contributed by atoms with Gasteiger partial charge in [0.05, 0.1) is 0 Å². The molecule has 1 rings (SSSR count). The molecule has 0 N–H and O–H groups in total. The maximum absolute atomic E-state index is 10.2. The van der Waals surface area contributed by atoms with E-state index in [2.05, 4.69) is 39.8 Å². The van der Waals surface area contributed by atoms with Gasteiger partial charge in [0, 0.05) is 12.8 Å². The van der Waals surface area contributed by atoms with E-state index in [0.29, 0.717) is 18.6 Å². The molecule has 0 radical (unpaired) electrons. The number of hydrogen-bond donors (Lipinski definition) is 0. The number of hydrogen-bond acceptors (Lipinski definition) is 1. The minimum absolute atomic E-state index is 0.343. The molecule has 0 amide bonds. The molecule has 0 saturated carbocycles. The molecule has 0 aliphatic carbocycles. The minimum Gasteiger partial charge on any atom is -0.300 e. The second-order valence-corrected chi connectivity index (χ2v) is 4.27. The largest absolute Gasteiger partial charge is 0.300 e. The molecular formula is C15H24O. The van der Waals surface area contributed by atoms with Gasteiger partial charge in [-0.3, -0.25) is 4.79 Å². The molecule has 0 spiro atoms. The normalized spacial score (nSPS) is 9.38. The monoisotopic (exact) mass is 220 g/mol. The van der Waals surface area contributed by atoms with Gasteiger partial charge in [-0.2, -0.15) is 0 Å². The van der Waals surface area contributed by atoms with E-state index in [9.17, 15) is 4.79 Å². The summed E-state index contributed by atoms with van der Waals surface area (Å²) in [6.07, 6.45) is 1.38. The van der Waals surface area contributed by atoms with Crippen LogP contribution in [0.4, 0.5) is 0 Å². The van der Waals surface area contributed by atoms with Gasteiger partial charge < -0.3 is 0 Å². The number of carbonyl (C=O) groups excluding carboxylic acids is 1. The summed E-state index contributed by atoms with van der Waals surface area (Å²) in [5.74, 6) is 0.343. The van der Waals surface area contributed by atoms with Crippen molar-refractivity contribution < 1.29 is 4.79 Å². The molecule has 1 aromatic carbocycles. The topological polar surface area (TPSA) is 17.1 Å². The second kappa shape index (κ2) is 7.21. The Labute approximate surface area is 99.9 Å². The van der Waals surface area contributed by atoms with Crippen LogP contribution in [0.15, 0.2) is 12.1 Å². The highest BCUT2D eigenvalue weighted by Gasteiger charge is 1.95. The molecule has 0 aromatic heterocycles. The molecule has 0 aliphatic heterocycles. The zero-order valence-corrected chi connectivity index (χ0v) is 11.5. The highest BCUT2D eigenvalue weighted by Crippen LogP contribution is 2.13. The Morgan fingerprint density at radius 2 is 1.06 bits per heavy atom. The summed E-state index contributed by atoms with van der Waals surface area (Å²) < 4.78 is 0. The second-order valence-electron chi connectivity index (χ2n) is 4.27. The van der Waals surface area contributed by atoms with Crippen molar-refractivity contribution in [1.82, 2.24) is 0 Å². The fraction of sp³-hybridized carbons (Fsp3) is 0.533. The van der Waals surface area contributed by atoms with Crippen LogP contribution in [-0.4, -0.2) is 5.78 Å². The van der Waals surface area contributed by atoms with Crippen molar-refractivity contribution in [1.29, 1.82) is 0 Å². The first-order valence-corrected chi connectivity index (χ1v) is 5.98. The quantitative estimate of drug-likeness (QED) is 0.726. The molecule has 0 aliphatic rings. The lowest BCUT2D eigenvalue weighted by atomic mass is 10.0. The van der Waals surface area contributed by atoms with E-state index < -0.39 is 0 Å². The van der Waals surface area contributed by atoms with E-state index >= 15 is 0 Å². The van der Waals surface area contributed by atoms with Crippen molar-refractivity contribution in [2.45, 2.75) is 54.4 Å². The molecule has 1 heteroatoms. The zero-order chi connectivity index (χ0) is 12.7. The fourth-order valence-corrected chi connectivity index (χ4v) is 1.35. The third-order valence-corrected chi connectivity index (χ3v) is 2.90. The maximum Gasteiger partial charge on any atom is 0.132 e. The van der Waals surface area contributed by atoms with Crippen molar-refractivity contribution in [3.63, 3.8) is 0 Å². The molecule has 0 atom stereocenters. The molecule has 1 aromatic rings. The van der Waals surface area contributed by atoms with Gasteiger partial charge in [-0.1, -0.05) is 26.0 Å². The van der Waals surface area contributed by atoms with Gasteiger partial charge in [0.15, 0.2) is 0 Å². The van der Waals surface area contributed by atoms with Gasteiger partial charge in [0.2, 0.25) is 0 Å². The van der Waals surface area contributed by atoms with Crippen LogP contribution in [0.2, 0.25) is 0 Å². The number of carbonyl (C=O) groups is 1. The third-order valence-electron chi connectivity index (χ3n) is 2.90. The van der Waals surface area contributed by atoms with Crippen LogP contribution in [0.1, 0.15) is 48.9 Å². The maximum atomic E-state index is 10.2. The fourth-order valence-electron chi connectivity index (χ4n) is 1.35. The lowest BCUT2D eigenvalue weighted by Gasteiger charge is -2.04. The summed E-state index contributed by atoms with van der Waals surface area (Å²) in [4.78, 5) is 10.2. The number of benzene rings is 1. The summed E-state index contributed by atoms with van der Waals surface area (Å²) in [6, 6.07) is 4.48. The average Bonchev–Trinajstić information content (AvgIpc) is 2.26. The summed E-state index contributed by atoms with van der Waals surface area (Å²) in [6.45, 7) is 12.4. The Hall–Kier alpha value is -1.11. The van der Waals surface area contributed by atoms with Gasteiger partial charge in [0.1, 0.15) is 5.78 Å². The predicted octanol–water partition coefficient (Wildman–Crippen LogP) is 4.30. The summed E-state index contributed by atoms with van der Waals surface area (Å²) in [5.41, 5.74) is 5.57. The van der Waals surface area contributed by atoms with Crippen molar-refractivity contribution in [3.05, 3.63) is 34.4 Å². The molecule has 0 fully saturated rings. The highest BCUT2D eigenvalue weighted by atomic mass is 16.1. The van der Waals surface area contributed by atoms with E-state index in [-0.39, 0.29) is 0 Å². The minimum atomic E-state index is 0.343. The number of Topliss-reactive ketones (excluding diaryl/α,β-unsaturated/α-hetero) is 1. The van der Waals surface area contributed by atoms with Gasteiger partial charge >= 0.3 is 0 Å². The molecule has 90 valence electrons. The van der Waals surface area contributed by atoms with Crippen LogP contribution in [0.5, 0.6) is 0 Å². The average molecular weight is 220 g/mol. The van der Waals surface area contributed by atoms with Crippen molar-refractivity contribution in [3.8, 4) is 0 Å². The Morgan fingerprint density at radius 3 is 1.19 bits per heavy atom. The number of rotatable bonds is 2. The Morgan fingerprint density at radius 1 is 0.812 bits per heavy atom. The molecule has 0 unspecified atom stereocenters. The Balaban J connectivity index is 0.000000325. The molecule has 0 heterocycles. The lowest BCUT2D eigenvalue weighted by Crippen LogP contribution is -1.88. The van der Waals surface area contributed by atoms with Gasteiger partial charge in [0.25, 0.3) is 0 Å². The van der Waals surface area contributed by atoms with Crippen LogP contribution < -0.4 is 0 Å². The van der Waals surface area contributed by atoms with Crippen LogP contribution in [0.3, 0.4) is 0 Å². The SMILES string of the molecule is CCC(=O)CC.Cc1cc(C)c(C)cc1C. The van der Waals surface area contributed by atoms with E-state index in [4.69, 9.17) is 0 Å². The molecule has 1 nitrogen and oxygen atoms in total. The third kappa shape index (κ3) is 5.11. The lowest BCUT2D eigenvalue weighted by molar-refractivity contribution is -0.118. The molecule has 0 saturated heterocycles. The first-order valence-electron chi connectivity index (χ1n) is 5.98. The summed E-state index contributed by atoms with van der Waals surface area (Å²) >= 11 is 0. The van der Waals surface area contributed by atoms with Gasteiger partial charge in [-0.15, -0.1) is 0 Å². The number of ketones is 1. The van der Waals surface area contributed by atoms with Crippen molar-refractivity contribution in [2.75, 3.05) is 0 Å². The van der Waals surface area contributed by atoms with Crippen molar-refractivity contribution in [2.24, 2.45) is 0 Å². The Bertz CT molecular complexity index is 294. The summed E-state index contributed by atoms with van der Waals surface area (Å²) in [7, 11) is 0. The van der Waals surface area contributed by atoms with Crippen molar-refractivity contribution >= 4 is 5.78 Å². The van der Waals surface area contributed by atoms with Gasteiger partial charge in [-0.25, -0.2) is 0 Å². The summed E-state index contributed by atoms with van der Waals surface area (Å²) in [5, 5.41) is 0. The molecular weight excluding hydrogens is 196 g/mol. The van der Waals surface area contributed by atoms with Crippen LogP contribution >= 0.6 is 0 Å². The van der Waals surface area contributed by atoms with Gasteiger partial charge in [-0.05, 0) is 49.9 Å². The Kier molecular flexibility index (Phi) is 6.71. The van der Waals surface area contributed by atoms with Crippen LogP contribution in [0.25, 0.3) is 0 Å². The first-order chi connectivity index (χ1) is 7.42. The smallest absolute Gasteiger partial charge is 0.132 e. The van der Waals surface area contributed by atoms with Crippen LogP contribution in [0, 0.1) is 27.7 Å². The van der Waals surface area contributed by atoms with E-state index in [0.717, 1.165) is 0 Å². The van der Waals surface area contributed by atoms with Crippen LogP contribution in [-0.2, 0) is 4.79 Å². The van der Waals surface area contributed by atoms with E-state index in [1.54, 1.807) is 0 Å². The van der Waals surface area contributed by atoms with E-state index in [1.807, 2.05) is 13.8 Å². The predicted molar refractivity (Wildman–Crippen MR) is 71.0 cm³/mol. The molecule has 16 heavy (non-hydrogen) atoms.